The molecule has 126 valence electrons. The van der Waals surface area contributed by atoms with Crippen LogP contribution in [0.15, 0.2) is 49.1 Å². The van der Waals surface area contributed by atoms with Gasteiger partial charge in [-0.2, -0.15) is 4.98 Å². The van der Waals surface area contributed by atoms with E-state index in [0.717, 1.165) is 5.69 Å². The lowest BCUT2D eigenvalue weighted by atomic mass is 10.3. The number of benzene rings is 1. The molecule has 0 saturated carbocycles. The summed E-state index contributed by atoms with van der Waals surface area (Å²) in [6.45, 7) is 4.03. The number of aromatic nitrogens is 2. The standard InChI is InChI=1S/C17H19N3O4/c1-3-9-20(14-7-5-4-6-8-14)17-18-13(11-23-2)10-15(19-17)24-12-16(21)22/h3-8,10H,1,9,11-12H2,2H3,(H,21,22). The highest BCUT2D eigenvalue weighted by Gasteiger charge is 2.14. The van der Waals surface area contributed by atoms with Crippen LogP contribution in [0.1, 0.15) is 5.69 Å². The number of hydrogen-bond acceptors (Lipinski definition) is 6. The van der Waals surface area contributed by atoms with Crippen molar-refractivity contribution in [2.24, 2.45) is 0 Å². The summed E-state index contributed by atoms with van der Waals surface area (Å²) in [6, 6.07) is 11.1. The number of anilines is 2. The van der Waals surface area contributed by atoms with Crippen LogP contribution in [0.25, 0.3) is 0 Å². The SMILES string of the molecule is C=CCN(c1ccccc1)c1nc(COC)cc(OCC(=O)O)n1. The van der Waals surface area contributed by atoms with Gasteiger partial charge in [0.15, 0.2) is 6.61 Å². The van der Waals surface area contributed by atoms with Crippen LogP contribution in [-0.4, -0.2) is 41.3 Å². The van der Waals surface area contributed by atoms with Gasteiger partial charge in [0.25, 0.3) is 0 Å². The molecular weight excluding hydrogens is 310 g/mol. The van der Waals surface area contributed by atoms with Crippen LogP contribution in [0.2, 0.25) is 0 Å². The van der Waals surface area contributed by atoms with E-state index >= 15 is 0 Å². The van der Waals surface area contributed by atoms with Crippen molar-refractivity contribution in [2.75, 3.05) is 25.2 Å². The first-order valence-corrected chi connectivity index (χ1v) is 7.29. The summed E-state index contributed by atoms with van der Waals surface area (Å²) >= 11 is 0. The number of carboxylic acids is 1. The molecule has 0 spiro atoms. The highest BCUT2D eigenvalue weighted by molar-refractivity contribution is 5.68. The zero-order valence-corrected chi connectivity index (χ0v) is 13.4. The molecule has 0 radical (unpaired) electrons. The molecule has 0 bridgehead atoms. The quantitative estimate of drug-likeness (QED) is 0.707. The third-order valence-corrected chi connectivity index (χ3v) is 3.00. The lowest BCUT2D eigenvalue weighted by Crippen LogP contribution is -2.21. The van der Waals surface area contributed by atoms with Gasteiger partial charge in [-0.3, -0.25) is 0 Å². The van der Waals surface area contributed by atoms with Crippen LogP contribution in [0.5, 0.6) is 5.88 Å². The third-order valence-electron chi connectivity index (χ3n) is 3.00. The number of para-hydroxylation sites is 1. The Hall–Kier alpha value is -2.93. The molecular formula is C17H19N3O4. The van der Waals surface area contributed by atoms with Crippen LogP contribution in [0, 0.1) is 0 Å². The van der Waals surface area contributed by atoms with Crippen molar-refractivity contribution in [3.05, 3.63) is 54.7 Å². The number of aliphatic carboxylic acids is 1. The van der Waals surface area contributed by atoms with Crippen molar-refractivity contribution in [1.82, 2.24) is 9.97 Å². The molecule has 1 aromatic carbocycles. The number of rotatable bonds is 9. The molecule has 0 aliphatic heterocycles. The molecule has 0 unspecified atom stereocenters. The maximum atomic E-state index is 10.7. The fourth-order valence-electron chi connectivity index (χ4n) is 2.05. The Kier molecular flexibility index (Phi) is 6.27. The van der Waals surface area contributed by atoms with Crippen molar-refractivity contribution in [3.63, 3.8) is 0 Å². The van der Waals surface area contributed by atoms with Crippen molar-refractivity contribution in [2.45, 2.75) is 6.61 Å². The van der Waals surface area contributed by atoms with Gasteiger partial charge in [-0.25, -0.2) is 9.78 Å². The van der Waals surface area contributed by atoms with E-state index in [2.05, 4.69) is 16.5 Å². The summed E-state index contributed by atoms with van der Waals surface area (Å²) in [7, 11) is 1.55. The van der Waals surface area contributed by atoms with E-state index in [1.807, 2.05) is 35.2 Å². The number of carbonyl (C=O) groups is 1. The van der Waals surface area contributed by atoms with Gasteiger partial charge >= 0.3 is 5.97 Å². The second kappa shape index (κ2) is 8.64. The largest absolute Gasteiger partial charge is 0.479 e. The van der Waals surface area contributed by atoms with Gasteiger partial charge in [-0.05, 0) is 12.1 Å². The predicted octanol–water partition coefficient (Wildman–Crippen LogP) is 2.41. The molecule has 0 saturated heterocycles. The first-order valence-electron chi connectivity index (χ1n) is 7.29. The Morgan fingerprint density at radius 3 is 2.71 bits per heavy atom. The van der Waals surface area contributed by atoms with Crippen LogP contribution in [0.3, 0.4) is 0 Å². The Morgan fingerprint density at radius 2 is 2.08 bits per heavy atom. The minimum absolute atomic E-state index is 0.180. The summed E-state index contributed by atoms with van der Waals surface area (Å²) in [5.41, 5.74) is 1.48. The molecule has 1 aromatic heterocycles. The van der Waals surface area contributed by atoms with Gasteiger partial charge in [-0.1, -0.05) is 24.3 Å². The minimum atomic E-state index is -1.07. The third kappa shape index (κ3) is 4.79. The predicted molar refractivity (Wildman–Crippen MR) is 89.5 cm³/mol. The molecule has 2 rings (SSSR count). The van der Waals surface area contributed by atoms with Gasteiger partial charge in [-0.15, -0.1) is 6.58 Å². The van der Waals surface area contributed by atoms with Crippen molar-refractivity contribution in [3.8, 4) is 5.88 Å². The summed E-state index contributed by atoms with van der Waals surface area (Å²) in [5, 5.41) is 8.77. The Labute approximate surface area is 140 Å². The van der Waals surface area contributed by atoms with E-state index < -0.39 is 12.6 Å². The monoisotopic (exact) mass is 329 g/mol. The average Bonchev–Trinajstić information content (AvgIpc) is 2.59. The van der Waals surface area contributed by atoms with Crippen molar-refractivity contribution >= 4 is 17.6 Å². The normalized spacial score (nSPS) is 10.2. The number of carboxylic acid groups (broad SMARTS) is 1. The number of methoxy groups -OCH3 is 1. The topological polar surface area (TPSA) is 84.8 Å². The van der Waals surface area contributed by atoms with Gasteiger partial charge in [0.05, 0.1) is 12.3 Å². The molecule has 7 nitrogen and oxygen atoms in total. The lowest BCUT2D eigenvalue weighted by Gasteiger charge is -2.22. The van der Waals surface area contributed by atoms with Crippen LogP contribution in [0.4, 0.5) is 11.6 Å². The van der Waals surface area contributed by atoms with Crippen LogP contribution in [-0.2, 0) is 16.1 Å². The number of hydrogen-bond donors (Lipinski definition) is 1. The van der Waals surface area contributed by atoms with E-state index in [-0.39, 0.29) is 12.5 Å². The molecule has 2 aromatic rings. The molecule has 1 N–H and O–H groups in total. The van der Waals surface area contributed by atoms with Crippen molar-refractivity contribution < 1.29 is 19.4 Å². The summed E-state index contributed by atoms with van der Waals surface area (Å²) in [5.74, 6) is -0.509. The second-order valence-electron chi connectivity index (χ2n) is 4.85. The second-order valence-corrected chi connectivity index (χ2v) is 4.85. The Balaban J connectivity index is 2.40. The van der Waals surface area contributed by atoms with E-state index in [1.165, 1.54) is 0 Å². The fraction of sp³-hybridized carbons (Fsp3) is 0.235. The zero-order chi connectivity index (χ0) is 17.4. The first kappa shape index (κ1) is 17.4. The highest BCUT2D eigenvalue weighted by atomic mass is 16.5. The zero-order valence-electron chi connectivity index (χ0n) is 13.4. The first-order chi connectivity index (χ1) is 11.6. The Morgan fingerprint density at radius 1 is 1.33 bits per heavy atom. The van der Waals surface area contributed by atoms with Crippen molar-refractivity contribution in [1.29, 1.82) is 0 Å². The maximum Gasteiger partial charge on any atom is 0.341 e. The molecule has 1 heterocycles. The fourth-order valence-corrected chi connectivity index (χ4v) is 2.05. The number of nitrogens with zero attached hydrogens (tertiary/aromatic N) is 3. The van der Waals surface area contributed by atoms with Gasteiger partial charge < -0.3 is 19.5 Å². The van der Waals surface area contributed by atoms with E-state index in [0.29, 0.717) is 18.2 Å². The van der Waals surface area contributed by atoms with Gasteiger partial charge in [0.1, 0.15) is 0 Å². The molecule has 0 aliphatic rings. The smallest absolute Gasteiger partial charge is 0.341 e. The Bertz CT molecular complexity index is 691. The van der Waals surface area contributed by atoms with E-state index in [9.17, 15) is 4.79 Å². The molecule has 0 aliphatic carbocycles. The summed E-state index contributed by atoms with van der Waals surface area (Å²) in [6.07, 6.45) is 1.73. The number of ether oxygens (including phenoxy) is 2. The molecule has 0 atom stereocenters. The average molecular weight is 329 g/mol. The summed E-state index contributed by atoms with van der Waals surface area (Å²) in [4.78, 5) is 21.3. The van der Waals surface area contributed by atoms with Gasteiger partial charge in [0, 0.05) is 25.4 Å². The minimum Gasteiger partial charge on any atom is -0.479 e. The van der Waals surface area contributed by atoms with E-state index in [4.69, 9.17) is 14.6 Å². The van der Waals surface area contributed by atoms with E-state index in [1.54, 1.807) is 19.3 Å². The lowest BCUT2D eigenvalue weighted by molar-refractivity contribution is -0.139. The molecule has 0 fully saturated rings. The highest BCUT2D eigenvalue weighted by Crippen LogP contribution is 2.24. The molecule has 0 amide bonds. The molecule has 24 heavy (non-hydrogen) atoms. The van der Waals surface area contributed by atoms with Crippen LogP contribution >= 0.6 is 0 Å². The maximum absolute atomic E-state index is 10.7. The van der Waals surface area contributed by atoms with Crippen LogP contribution < -0.4 is 9.64 Å². The molecule has 7 heteroatoms. The van der Waals surface area contributed by atoms with Gasteiger partial charge in [0.2, 0.25) is 11.8 Å². The summed E-state index contributed by atoms with van der Waals surface area (Å²) < 4.78 is 10.3.